The molecule has 0 unspecified atom stereocenters. The fourth-order valence-electron chi connectivity index (χ4n) is 1.41. The number of halogens is 1. The molecule has 2 rings (SSSR count). The van der Waals surface area contributed by atoms with E-state index < -0.39 is 0 Å². The van der Waals surface area contributed by atoms with Crippen LogP contribution in [0.1, 0.15) is 19.9 Å². The highest BCUT2D eigenvalue weighted by atomic mass is 127. The van der Waals surface area contributed by atoms with Gasteiger partial charge in [0.25, 0.3) is 5.56 Å². The van der Waals surface area contributed by atoms with Gasteiger partial charge in [-0.05, 0) is 36.4 Å². The molecular weight excluding hydrogens is 319 g/mol. The standard InChI is InChI=1S/C10H11IN4O/c1-6(2)15-5-12-4-8(15)9-13-3-7(11)10(16)14-9/h3-6H,1-2H3,(H,13,14,16). The first-order valence-corrected chi connectivity index (χ1v) is 5.94. The predicted molar refractivity (Wildman–Crippen MR) is 69.2 cm³/mol. The molecule has 0 saturated heterocycles. The van der Waals surface area contributed by atoms with Crippen molar-refractivity contribution >= 4 is 22.6 Å². The summed E-state index contributed by atoms with van der Waals surface area (Å²) < 4.78 is 2.54. The van der Waals surface area contributed by atoms with Crippen LogP contribution in [-0.2, 0) is 0 Å². The Morgan fingerprint density at radius 2 is 2.19 bits per heavy atom. The lowest BCUT2D eigenvalue weighted by Crippen LogP contribution is -2.13. The largest absolute Gasteiger partial charge is 0.326 e. The van der Waals surface area contributed by atoms with Crippen molar-refractivity contribution in [1.82, 2.24) is 19.5 Å². The zero-order valence-corrected chi connectivity index (χ0v) is 11.1. The van der Waals surface area contributed by atoms with E-state index in [1.165, 1.54) is 0 Å². The van der Waals surface area contributed by atoms with Crippen LogP contribution < -0.4 is 5.56 Å². The topological polar surface area (TPSA) is 63.6 Å². The smallest absolute Gasteiger partial charge is 0.264 e. The van der Waals surface area contributed by atoms with Gasteiger partial charge >= 0.3 is 0 Å². The highest BCUT2D eigenvalue weighted by molar-refractivity contribution is 14.1. The van der Waals surface area contributed by atoms with Crippen LogP contribution in [0.4, 0.5) is 0 Å². The van der Waals surface area contributed by atoms with Crippen LogP contribution in [0.3, 0.4) is 0 Å². The molecule has 5 nitrogen and oxygen atoms in total. The summed E-state index contributed by atoms with van der Waals surface area (Å²) in [5.41, 5.74) is 0.700. The van der Waals surface area contributed by atoms with Gasteiger partial charge in [-0.2, -0.15) is 0 Å². The average molecular weight is 330 g/mol. The van der Waals surface area contributed by atoms with Gasteiger partial charge in [0.05, 0.1) is 16.1 Å². The van der Waals surface area contributed by atoms with Crippen molar-refractivity contribution in [3.8, 4) is 11.5 Å². The Hall–Kier alpha value is -1.18. The molecule has 16 heavy (non-hydrogen) atoms. The van der Waals surface area contributed by atoms with E-state index in [4.69, 9.17) is 0 Å². The van der Waals surface area contributed by atoms with Crippen LogP contribution in [0, 0.1) is 3.57 Å². The van der Waals surface area contributed by atoms with Crippen molar-refractivity contribution < 1.29 is 0 Å². The summed E-state index contributed by atoms with van der Waals surface area (Å²) in [6.45, 7) is 4.10. The third-order valence-corrected chi connectivity index (χ3v) is 2.99. The summed E-state index contributed by atoms with van der Waals surface area (Å²) in [6, 6.07) is 0.280. The molecule has 0 aromatic carbocycles. The lowest BCUT2D eigenvalue weighted by atomic mass is 10.3. The Morgan fingerprint density at radius 1 is 1.44 bits per heavy atom. The molecule has 0 saturated carbocycles. The number of hydrogen-bond donors (Lipinski definition) is 1. The molecule has 2 aromatic rings. The first-order chi connectivity index (χ1) is 7.59. The number of nitrogens with one attached hydrogen (secondary N) is 1. The van der Waals surface area contributed by atoms with E-state index in [0.717, 1.165) is 5.69 Å². The second-order valence-corrected chi connectivity index (χ2v) is 4.85. The highest BCUT2D eigenvalue weighted by Crippen LogP contribution is 2.17. The third-order valence-electron chi connectivity index (χ3n) is 2.22. The molecule has 0 aliphatic rings. The molecule has 0 amide bonds. The lowest BCUT2D eigenvalue weighted by molar-refractivity contribution is 0.603. The van der Waals surface area contributed by atoms with Crippen molar-refractivity contribution in [2.45, 2.75) is 19.9 Å². The molecule has 2 heterocycles. The molecule has 1 N–H and O–H groups in total. The summed E-state index contributed by atoms with van der Waals surface area (Å²) in [4.78, 5) is 22.5. The molecule has 0 bridgehead atoms. The van der Waals surface area contributed by atoms with Gasteiger partial charge in [0.1, 0.15) is 5.69 Å². The van der Waals surface area contributed by atoms with Crippen LogP contribution in [0.25, 0.3) is 11.5 Å². The Labute approximate surface area is 106 Å². The molecule has 0 aliphatic heterocycles. The first-order valence-electron chi connectivity index (χ1n) is 4.86. The van der Waals surface area contributed by atoms with E-state index in [1.54, 1.807) is 18.7 Å². The third kappa shape index (κ3) is 2.01. The Balaban J connectivity index is 2.55. The van der Waals surface area contributed by atoms with Crippen LogP contribution in [-0.4, -0.2) is 19.5 Å². The van der Waals surface area contributed by atoms with Gasteiger partial charge in [-0.3, -0.25) is 4.79 Å². The SMILES string of the molecule is CC(C)n1cncc1-c1ncc(I)c(=O)[nH]1. The molecule has 0 aliphatic carbocycles. The van der Waals surface area contributed by atoms with E-state index in [1.807, 2.05) is 27.2 Å². The van der Waals surface area contributed by atoms with Crippen LogP contribution in [0.15, 0.2) is 23.5 Å². The number of hydrogen-bond acceptors (Lipinski definition) is 3. The summed E-state index contributed by atoms with van der Waals surface area (Å²) in [5.74, 6) is 0.552. The minimum absolute atomic E-state index is 0.123. The Bertz CT molecular complexity index is 558. The first kappa shape index (κ1) is 11.3. The van der Waals surface area contributed by atoms with Gasteiger partial charge in [0, 0.05) is 12.2 Å². The molecule has 0 atom stereocenters. The number of H-pyrrole nitrogens is 1. The van der Waals surface area contributed by atoms with Gasteiger partial charge in [-0.1, -0.05) is 0 Å². The summed E-state index contributed by atoms with van der Waals surface area (Å²) in [7, 11) is 0. The zero-order valence-electron chi connectivity index (χ0n) is 8.94. The van der Waals surface area contributed by atoms with Crippen molar-refractivity contribution in [3.63, 3.8) is 0 Å². The number of rotatable bonds is 2. The normalized spacial score (nSPS) is 11.0. The van der Waals surface area contributed by atoms with Crippen molar-refractivity contribution in [2.75, 3.05) is 0 Å². The Morgan fingerprint density at radius 3 is 2.81 bits per heavy atom. The maximum Gasteiger partial charge on any atom is 0.264 e. The van der Waals surface area contributed by atoms with Gasteiger partial charge in [-0.25, -0.2) is 9.97 Å². The molecule has 0 spiro atoms. The number of imidazole rings is 1. The van der Waals surface area contributed by atoms with Gasteiger partial charge in [0.2, 0.25) is 0 Å². The van der Waals surface area contributed by atoms with Crippen molar-refractivity contribution in [2.24, 2.45) is 0 Å². The maximum absolute atomic E-state index is 11.5. The number of aromatic nitrogens is 4. The quantitative estimate of drug-likeness (QED) is 0.855. The fraction of sp³-hybridized carbons (Fsp3) is 0.300. The van der Waals surface area contributed by atoms with Gasteiger partial charge in [0.15, 0.2) is 5.82 Å². The molecule has 6 heteroatoms. The van der Waals surface area contributed by atoms with E-state index in [0.29, 0.717) is 9.39 Å². The molecule has 2 aromatic heterocycles. The summed E-state index contributed by atoms with van der Waals surface area (Å²) in [6.07, 6.45) is 5.00. The van der Waals surface area contributed by atoms with Crippen molar-refractivity contribution in [3.05, 3.63) is 32.6 Å². The van der Waals surface area contributed by atoms with E-state index >= 15 is 0 Å². The minimum Gasteiger partial charge on any atom is -0.326 e. The second kappa shape index (κ2) is 4.36. The zero-order chi connectivity index (χ0) is 11.7. The number of nitrogens with zero attached hydrogens (tertiary/aromatic N) is 3. The molecular formula is C10H11IN4O. The van der Waals surface area contributed by atoms with Crippen LogP contribution in [0.5, 0.6) is 0 Å². The van der Waals surface area contributed by atoms with E-state index in [2.05, 4.69) is 28.8 Å². The fourth-order valence-corrected chi connectivity index (χ4v) is 1.68. The van der Waals surface area contributed by atoms with E-state index in [-0.39, 0.29) is 11.6 Å². The van der Waals surface area contributed by atoms with Crippen LogP contribution >= 0.6 is 22.6 Å². The molecule has 84 valence electrons. The lowest BCUT2D eigenvalue weighted by Gasteiger charge is -2.10. The summed E-state index contributed by atoms with van der Waals surface area (Å²) >= 11 is 1.95. The van der Waals surface area contributed by atoms with Gasteiger partial charge in [-0.15, -0.1) is 0 Å². The average Bonchev–Trinajstić information content (AvgIpc) is 2.71. The number of aromatic amines is 1. The van der Waals surface area contributed by atoms with Gasteiger partial charge < -0.3 is 9.55 Å². The molecule has 0 radical (unpaired) electrons. The predicted octanol–water partition coefficient (Wildman–Crippen LogP) is 1.82. The minimum atomic E-state index is -0.123. The van der Waals surface area contributed by atoms with Crippen molar-refractivity contribution in [1.29, 1.82) is 0 Å². The Kier molecular flexibility index (Phi) is 3.08. The summed E-state index contributed by atoms with van der Waals surface area (Å²) in [5, 5.41) is 0. The molecule has 0 fully saturated rings. The highest BCUT2D eigenvalue weighted by Gasteiger charge is 2.10. The monoisotopic (exact) mass is 330 g/mol. The van der Waals surface area contributed by atoms with E-state index in [9.17, 15) is 4.79 Å². The van der Waals surface area contributed by atoms with Crippen LogP contribution in [0.2, 0.25) is 0 Å². The second-order valence-electron chi connectivity index (χ2n) is 3.69. The maximum atomic E-state index is 11.5.